The van der Waals surface area contributed by atoms with Crippen LogP contribution in [0.15, 0.2) is 33.8 Å². The molecule has 0 amide bonds. The Bertz CT molecular complexity index is 776. The van der Waals surface area contributed by atoms with Gasteiger partial charge in [-0.05, 0) is 31.4 Å². The minimum Gasteiger partial charge on any atom is -0.356 e. The summed E-state index contributed by atoms with van der Waals surface area (Å²) in [5.41, 5.74) is 3.05. The van der Waals surface area contributed by atoms with Crippen molar-refractivity contribution >= 4 is 11.6 Å². The average Bonchev–Trinajstić information content (AvgIpc) is 3.33. The molecule has 0 bridgehead atoms. The number of aliphatic imine (C=N–C) groups is 1. The second-order valence-corrected chi connectivity index (χ2v) is 6.99. The maximum absolute atomic E-state index is 5.05. The third-order valence-electron chi connectivity index (χ3n) is 5.32. The van der Waals surface area contributed by atoms with Crippen molar-refractivity contribution in [3.63, 3.8) is 0 Å². The Hall–Kier alpha value is -2.37. The van der Waals surface area contributed by atoms with Crippen molar-refractivity contribution in [2.24, 2.45) is 4.99 Å². The topological polar surface area (TPSA) is 66.5 Å². The van der Waals surface area contributed by atoms with Crippen LogP contribution in [0.5, 0.6) is 0 Å². The normalized spacial score (nSPS) is 18.8. The van der Waals surface area contributed by atoms with Gasteiger partial charge in [-0.2, -0.15) is 4.98 Å². The number of guanidine groups is 1. The zero-order chi connectivity index (χ0) is 17.3. The van der Waals surface area contributed by atoms with Crippen LogP contribution in [-0.4, -0.2) is 29.2 Å². The fourth-order valence-corrected chi connectivity index (χ4v) is 4.24. The fourth-order valence-electron chi connectivity index (χ4n) is 4.24. The zero-order valence-corrected chi connectivity index (χ0v) is 15.0. The molecule has 1 saturated carbocycles. The Labute approximate surface area is 148 Å². The summed E-state index contributed by atoms with van der Waals surface area (Å²) < 4.78 is 5.05. The first-order chi connectivity index (χ1) is 12.2. The summed E-state index contributed by atoms with van der Waals surface area (Å²) in [6, 6.07) is 8.79. The molecule has 1 aromatic heterocycles. The van der Waals surface area contributed by atoms with Crippen LogP contribution >= 0.6 is 0 Å². The summed E-state index contributed by atoms with van der Waals surface area (Å²) in [4.78, 5) is 11.4. The summed E-state index contributed by atoms with van der Waals surface area (Å²) >= 11 is 0. The lowest BCUT2D eigenvalue weighted by atomic mass is 9.81. The maximum atomic E-state index is 5.05. The number of nitrogens with zero attached hydrogens (tertiary/aromatic N) is 4. The smallest absolute Gasteiger partial charge is 0.223 e. The van der Waals surface area contributed by atoms with Gasteiger partial charge in [-0.3, -0.25) is 0 Å². The molecule has 1 aromatic carbocycles. The highest BCUT2D eigenvalue weighted by Gasteiger charge is 2.45. The molecule has 0 saturated heterocycles. The van der Waals surface area contributed by atoms with Gasteiger partial charge >= 0.3 is 0 Å². The van der Waals surface area contributed by atoms with Crippen molar-refractivity contribution in [1.29, 1.82) is 0 Å². The number of fused-ring (bicyclic) bond motifs is 2. The fraction of sp³-hybridized carbons (Fsp3) is 0.526. The molecule has 0 unspecified atom stereocenters. The molecule has 6 nitrogen and oxygen atoms in total. The molecule has 25 heavy (non-hydrogen) atoms. The van der Waals surface area contributed by atoms with E-state index in [1.807, 2.05) is 0 Å². The molecule has 6 heteroatoms. The van der Waals surface area contributed by atoms with E-state index in [4.69, 9.17) is 9.52 Å². The van der Waals surface area contributed by atoms with E-state index in [0.717, 1.165) is 19.0 Å². The summed E-state index contributed by atoms with van der Waals surface area (Å²) in [7, 11) is 0. The van der Waals surface area contributed by atoms with E-state index in [9.17, 15) is 0 Å². The maximum Gasteiger partial charge on any atom is 0.223 e. The van der Waals surface area contributed by atoms with Crippen LogP contribution in [0, 0.1) is 6.92 Å². The van der Waals surface area contributed by atoms with Crippen LogP contribution in [-0.2, 0) is 12.0 Å². The molecule has 132 valence electrons. The molecule has 0 radical (unpaired) electrons. The number of hydrogen-bond donors (Lipinski definition) is 1. The first-order valence-electron chi connectivity index (χ1n) is 9.16. The number of nitrogens with one attached hydrogen (secondary N) is 1. The Morgan fingerprint density at radius 2 is 2.12 bits per heavy atom. The highest BCUT2D eigenvalue weighted by Crippen LogP contribution is 2.50. The summed E-state index contributed by atoms with van der Waals surface area (Å²) in [6.07, 6.45) is 5.17. The Morgan fingerprint density at radius 3 is 2.84 bits per heavy atom. The second kappa shape index (κ2) is 6.50. The lowest BCUT2D eigenvalue weighted by Gasteiger charge is -2.26. The number of anilines is 1. The number of aromatic nitrogens is 2. The van der Waals surface area contributed by atoms with Crippen molar-refractivity contribution in [3.05, 3.63) is 41.5 Å². The monoisotopic (exact) mass is 339 g/mol. The molecule has 1 fully saturated rings. The van der Waals surface area contributed by atoms with Gasteiger partial charge in [0, 0.05) is 31.1 Å². The van der Waals surface area contributed by atoms with Crippen LogP contribution in [0.25, 0.3) is 0 Å². The van der Waals surface area contributed by atoms with Crippen LogP contribution < -0.4 is 10.2 Å². The molecule has 2 heterocycles. The second-order valence-electron chi connectivity index (χ2n) is 6.99. The van der Waals surface area contributed by atoms with Crippen LogP contribution in [0.1, 0.15) is 49.9 Å². The molecule has 2 aromatic rings. The Kier molecular flexibility index (Phi) is 4.19. The highest BCUT2D eigenvalue weighted by atomic mass is 16.5. The standard InChI is InChI=1S/C19H25N5O/c1-3-20-18(21-12-17-22-14(2)25-23-17)24-13-19(10-6-7-11-19)15-8-4-5-9-16(15)24/h4-5,8-9H,3,6-7,10-13H2,1-2H3,(H,20,21). The number of rotatable bonds is 3. The van der Waals surface area contributed by atoms with Crippen molar-refractivity contribution in [3.8, 4) is 0 Å². The van der Waals surface area contributed by atoms with Gasteiger partial charge in [-0.15, -0.1) is 0 Å². The highest BCUT2D eigenvalue weighted by molar-refractivity contribution is 5.98. The van der Waals surface area contributed by atoms with E-state index in [1.165, 1.54) is 36.9 Å². The van der Waals surface area contributed by atoms with Gasteiger partial charge < -0.3 is 14.7 Å². The first kappa shape index (κ1) is 16.1. The predicted octanol–water partition coefficient (Wildman–Crippen LogP) is 3.18. The Morgan fingerprint density at radius 1 is 1.32 bits per heavy atom. The SMILES string of the molecule is CCNC(=NCc1noc(C)n1)N1CC2(CCCC2)c2ccccc21. The third kappa shape index (κ3) is 2.90. The molecule has 0 atom stereocenters. The van der Waals surface area contributed by atoms with Gasteiger partial charge in [0.05, 0.1) is 0 Å². The van der Waals surface area contributed by atoms with E-state index in [2.05, 4.69) is 51.5 Å². The van der Waals surface area contributed by atoms with Gasteiger partial charge in [0.2, 0.25) is 5.89 Å². The lowest BCUT2D eigenvalue weighted by Crippen LogP contribution is -2.43. The van der Waals surface area contributed by atoms with E-state index in [1.54, 1.807) is 6.92 Å². The molecule has 4 rings (SSSR count). The minimum atomic E-state index is 0.287. The largest absolute Gasteiger partial charge is 0.356 e. The van der Waals surface area contributed by atoms with Gasteiger partial charge in [0.1, 0.15) is 6.54 Å². The van der Waals surface area contributed by atoms with Gasteiger partial charge in [-0.1, -0.05) is 36.2 Å². The third-order valence-corrected chi connectivity index (χ3v) is 5.32. The summed E-state index contributed by atoms with van der Waals surface area (Å²) in [5.74, 6) is 2.10. The predicted molar refractivity (Wildman–Crippen MR) is 97.8 cm³/mol. The van der Waals surface area contributed by atoms with Crippen LogP contribution in [0.4, 0.5) is 5.69 Å². The van der Waals surface area contributed by atoms with E-state index < -0.39 is 0 Å². The zero-order valence-electron chi connectivity index (χ0n) is 15.0. The van der Waals surface area contributed by atoms with E-state index in [0.29, 0.717) is 18.3 Å². The Balaban J connectivity index is 1.65. The van der Waals surface area contributed by atoms with Crippen LogP contribution in [0.2, 0.25) is 0 Å². The summed E-state index contributed by atoms with van der Waals surface area (Å²) in [6.45, 7) is 6.15. The van der Waals surface area contributed by atoms with Crippen molar-refractivity contribution in [2.45, 2.75) is 51.5 Å². The molecular weight excluding hydrogens is 314 g/mol. The molecule has 1 N–H and O–H groups in total. The lowest BCUT2D eigenvalue weighted by molar-refractivity contribution is 0.387. The molecule has 2 aliphatic rings. The van der Waals surface area contributed by atoms with E-state index >= 15 is 0 Å². The summed E-state index contributed by atoms with van der Waals surface area (Å²) in [5, 5.41) is 7.39. The number of aryl methyl sites for hydroxylation is 1. The molecule has 1 spiro atoms. The number of benzene rings is 1. The first-order valence-corrected chi connectivity index (χ1v) is 9.16. The minimum absolute atomic E-state index is 0.287. The van der Waals surface area contributed by atoms with Crippen LogP contribution in [0.3, 0.4) is 0 Å². The quantitative estimate of drug-likeness (QED) is 0.687. The van der Waals surface area contributed by atoms with Gasteiger partial charge in [0.15, 0.2) is 11.8 Å². The molecule has 1 aliphatic carbocycles. The van der Waals surface area contributed by atoms with Gasteiger partial charge in [0.25, 0.3) is 0 Å². The average molecular weight is 339 g/mol. The molecule has 1 aliphatic heterocycles. The van der Waals surface area contributed by atoms with Crippen molar-refractivity contribution in [1.82, 2.24) is 15.5 Å². The van der Waals surface area contributed by atoms with Gasteiger partial charge in [-0.25, -0.2) is 4.99 Å². The number of para-hydroxylation sites is 1. The molecular formula is C19H25N5O. The van der Waals surface area contributed by atoms with E-state index in [-0.39, 0.29) is 5.41 Å². The van der Waals surface area contributed by atoms with Crippen molar-refractivity contribution < 1.29 is 4.52 Å². The van der Waals surface area contributed by atoms with Crippen molar-refractivity contribution in [2.75, 3.05) is 18.0 Å². The number of hydrogen-bond acceptors (Lipinski definition) is 4.